The number of halogens is 1. The molecule has 0 aliphatic carbocycles. The summed E-state index contributed by atoms with van der Waals surface area (Å²) in [5, 5.41) is 8.75. The number of ether oxygens (including phenoxy) is 1. The Labute approximate surface area is 88.3 Å². The fourth-order valence-electron chi connectivity index (χ4n) is 1.10. The molecule has 0 saturated heterocycles. The van der Waals surface area contributed by atoms with Crippen LogP contribution in [0.3, 0.4) is 0 Å². The van der Waals surface area contributed by atoms with Crippen molar-refractivity contribution in [1.29, 1.82) is 5.26 Å². The molecule has 0 heterocycles. The summed E-state index contributed by atoms with van der Waals surface area (Å²) in [6.07, 6.45) is 1.89. The van der Waals surface area contributed by atoms with Gasteiger partial charge in [-0.3, -0.25) is 0 Å². The molecule has 0 amide bonds. The minimum absolute atomic E-state index is 0.000462. The highest BCUT2D eigenvalue weighted by Gasteiger charge is 2.08. The van der Waals surface area contributed by atoms with Crippen molar-refractivity contribution in [2.45, 2.75) is 19.8 Å². The van der Waals surface area contributed by atoms with Gasteiger partial charge in [-0.25, -0.2) is 4.39 Å². The molecule has 0 bridgehead atoms. The SMILES string of the molecule is CCCCOc1cc(N)c(F)cc1C#N. The van der Waals surface area contributed by atoms with Crippen LogP contribution in [0.5, 0.6) is 5.75 Å². The molecule has 0 unspecified atom stereocenters. The van der Waals surface area contributed by atoms with E-state index in [1.807, 2.05) is 13.0 Å². The average molecular weight is 208 g/mol. The van der Waals surface area contributed by atoms with Crippen molar-refractivity contribution in [3.63, 3.8) is 0 Å². The molecule has 0 fully saturated rings. The van der Waals surface area contributed by atoms with Crippen molar-refractivity contribution in [1.82, 2.24) is 0 Å². The van der Waals surface area contributed by atoms with Gasteiger partial charge >= 0.3 is 0 Å². The van der Waals surface area contributed by atoms with E-state index in [0.29, 0.717) is 12.4 Å². The Morgan fingerprint density at radius 3 is 2.87 bits per heavy atom. The Bertz CT molecular complexity index is 385. The lowest BCUT2D eigenvalue weighted by Crippen LogP contribution is -2.01. The van der Waals surface area contributed by atoms with Crippen LogP contribution in [0.2, 0.25) is 0 Å². The third-order valence-electron chi connectivity index (χ3n) is 1.97. The van der Waals surface area contributed by atoms with Crippen molar-refractivity contribution in [3.8, 4) is 11.8 Å². The molecule has 0 atom stereocenters. The van der Waals surface area contributed by atoms with E-state index in [1.165, 1.54) is 6.07 Å². The molecule has 4 heteroatoms. The first kappa shape index (κ1) is 11.3. The number of hydrogen-bond acceptors (Lipinski definition) is 3. The van der Waals surface area contributed by atoms with E-state index >= 15 is 0 Å². The van der Waals surface area contributed by atoms with Crippen molar-refractivity contribution >= 4 is 5.69 Å². The van der Waals surface area contributed by atoms with E-state index < -0.39 is 5.82 Å². The van der Waals surface area contributed by atoms with E-state index in [9.17, 15) is 4.39 Å². The summed E-state index contributed by atoms with van der Waals surface area (Å²) in [4.78, 5) is 0. The van der Waals surface area contributed by atoms with Gasteiger partial charge in [0.05, 0.1) is 17.9 Å². The predicted octanol–water partition coefficient (Wildman–Crippen LogP) is 2.46. The molecule has 0 aliphatic rings. The number of rotatable bonds is 4. The van der Waals surface area contributed by atoms with E-state index in [2.05, 4.69) is 0 Å². The summed E-state index contributed by atoms with van der Waals surface area (Å²) in [5.41, 5.74) is 5.56. The monoisotopic (exact) mass is 208 g/mol. The first-order valence-corrected chi connectivity index (χ1v) is 4.81. The molecule has 0 aliphatic heterocycles. The molecule has 2 N–H and O–H groups in total. The summed E-state index contributed by atoms with van der Waals surface area (Å²) >= 11 is 0. The Balaban J connectivity index is 2.86. The van der Waals surface area contributed by atoms with E-state index in [-0.39, 0.29) is 11.3 Å². The van der Waals surface area contributed by atoms with Crippen molar-refractivity contribution in [3.05, 3.63) is 23.5 Å². The second-order valence-corrected chi connectivity index (χ2v) is 3.18. The van der Waals surface area contributed by atoms with Gasteiger partial charge in [0.2, 0.25) is 0 Å². The Morgan fingerprint density at radius 1 is 1.53 bits per heavy atom. The summed E-state index contributed by atoms with van der Waals surface area (Å²) in [7, 11) is 0. The maximum absolute atomic E-state index is 13.0. The van der Waals surface area contributed by atoms with Crippen molar-refractivity contribution in [2.75, 3.05) is 12.3 Å². The van der Waals surface area contributed by atoms with Gasteiger partial charge in [0, 0.05) is 6.07 Å². The molecular weight excluding hydrogens is 195 g/mol. The van der Waals surface area contributed by atoms with Crippen LogP contribution < -0.4 is 10.5 Å². The van der Waals surface area contributed by atoms with Crippen LogP contribution in [0.4, 0.5) is 10.1 Å². The summed E-state index contributed by atoms with van der Waals surface area (Å²) in [6.45, 7) is 2.55. The van der Waals surface area contributed by atoms with Crippen LogP contribution in [0.25, 0.3) is 0 Å². The molecule has 1 aromatic carbocycles. The molecule has 1 aromatic rings. The van der Waals surface area contributed by atoms with Crippen LogP contribution in [0.15, 0.2) is 12.1 Å². The van der Waals surface area contributed by atoms with Crippen LogP contribution in [-0.2, 0) is 0 Å². The van der Waals surface area contributed by atoms with Gasteiger partial charge < -0.3 is 10.5 Å². The highest BCUT2D eigenvalue weighted by molar-refractivity contribution is 5.54. The molecule has 3 nitrogen and oxygen atoms in total. The van der Waals surface area contributed by atoms with Crippen LogP contribution in [0.1, 0.15) is 25.3 Å². The zero-order valence-corrected chi connectivity index (χ0v) is 8.59. The second-order valence-electron chi connectivity index (χ2n) is 3.18. The van der Waals surface area contributed by atoms with Gasteiger partial charge in [-0.1, -0.05) is 13.3 Å². The van der Waals surface area contributed by atoms with E-state index in [0.717, 1.165) is 18.9 Å². The fraction of sp³-hybridized carbons (Fsp3) is 0.364. The topological polar surface area (TPSA) is 59.0 Å². The molecule has 0 spiro atoms. The van der Waals surface area contributed by atoms with Gasteiger partial charge in [0.15, 0.2) is 0 Å². The molecule has 15 heavy (non-hydrogen) atoms. The number of nitrogens with two attached hydrogens (primary N) is 1. The largest absolute Gasteiger partial charge is 0.492 e. The summed E-state index contributed by atoms with van der Waals surface area (Å²) < 4.78 is 18.3. The maximum Gasteiger partial charge on any atom is 0.147 e. The normalized spacial score (nSPS) is 9.67. The summed E-state index contributed by atoms with van der Waals surface area (Å²) in [5.74, 6) is -0.237. The van der Waals surface area contributed by atoms with Gasteiger partial charge in [-0.05, 0) is 12.5 Å². The van der Waals surface area contributed by atoms with Crippen LogP contribution in [-0.4, -0.2) is 6.61 Å². The number of nitrogen functional groups attached to an aromatic ring is 1. The quantitative estimate of drug-likeness (QED) is 0.610. The lowest BCUT2D eigenvalue weighted by Gasteiger charge is -2.08. The third-order valence-corrected chi connectivity index (χ3v) is 1.97. The lowest BCUT2D eigenvalue weighted by atomic mass is 10.2. The molecule has 0 aromatic heterocycles. The zero-order chi connectivity index (χ0) is 11.3. The number of benzene rings is 1. The van der Waals surface area contributed by atoms with Crippen LogP contribution in [0, 0.1) is 17.1 Å². The first-order chi connectivity index (χ1) is 7.19. The lowest BCUT2D eigenvalue weighted by molar-refractivity contribution is 0.308. The fourth-order valence-corrected chi connectivity index (χ4v) is 1.10. The first-order valence-electron chi connectivity index (χ1n) is 4.81. The zero-order valence-electron chi connectivity index (χ0n) is 8.59. The van der Waals surface area contributed by atoms with Gasteiger partial charge in [0.25, 0.3) is 0 Å². The highest BCUT2D eigenvalue weighted by Crippen LogP contribution is 2.24. The van der Waals surface area contributed by atoms with Crippen LogP contribution >= 0.6 is 0 Å². The minimum atomic E-state index is -0.589. The predicted molar refractivity (Wildman–Crippen MR) is 55.9 cm³/mol. The smallest absolute Gasteiger partial charge is 0.147 e. The molecule has 80 valence electrons. The molecule has 0 saturated carbocycles. The second kappa shape index (κ2) is 5.20. The molecule has 0 radical (unpaired) electrons. The summed E-state index contributed by atoms with van der Waals surface area (Å²) in [6, 6.07) is 4.31. The maximum atomic E-state index is 13.0. The molecular formula is C11H13FN2O. The van der Waals surface area contributed by atoms with E-state index in [1.54, 1.807) is 0 Å². The van der Waals surface area contributed by atoms with Gasteiger partial charge in [-0.15, -0.1) is 0 Å². The van der Waals surface area contributed by atoms with E-state index in [4.69, 9.17) is 15.7 Å². The standard InChI is InChI=1S/C11H13FN2O/c1-2-3-4-15-11-6-10(14)9(12)5-8(11)7-13/h5-6H,2-4,14H2,1H3. The Hall–Kier alpha value is -1.76. The van der Waals surface area contributed by atoms with Crippen molar-refractivity contribution in [2.24, 2.45) is 0 Å². The molecule has 1 rings (SSSR count). The highest BCUT2D eigenvalue weighted by atomic mass is 19.1. The number of nitriles is 1. The number of nitrogens with zero attached hydrogens (tertiary/aromatic N) is 1. The third kappa shape index (κ3) is 2.84. The minimum Gasteiger partial charge on any atom is -0.492 e. The number of anilines is 1. The van der Waals surface area contributed by atoms with Crippen molar-refractivity contribution < 1.29 is 9.13 Å². The number of unbranched alkanes of at least 4 members (excludes halogenated alkanes) is 1. The van der Waals surface area contributed by atoms with Gasteiger partial charge in [0.1, 0.15) is 17.6 Å². The Morgan fingerprint density at radius 2 is 2.27 bits per heavy atom. The van der Waals surface area contributed by atoms with Gasteiger partial charge in [-0.2, -0.15) is 5.26 Å². The average Bonchev–Trinajstić information content (AvgIpc) is 2.23. The number of hydrogen-bond donors (Lipinski definition) is 1. The Kier molecular flexibility index (Phi) is 3.92.